The molecular formula is C60H40N2S. The summed E-state index contributed by atoms with van der Waals surface area (Å²) in [6.07, 6.45) is 0. The molecular weight excluding hydrogens is 781 g/mol. The van der Waals surface area contributed by atoms with Crippen LogP contribution in [0.3, 0.4) is 0 Å². The number of nitrogens with zero attached hydrogens (tertiary/aromatic N) is 2. The minimum Gasteiger partial charge on any atom is -0.310 e. The number of anilines is 3. The third-order valence-corrected chi connectivity index (χ3v) is 13.6. The third-order valence-electron chi connectivity index (χ3n) is 12.4. The number of hydrogen-bond donors (Lipinski definition) is 0. The molecule has 0 spiro atoms. The molecule has 3 heteroatoms. The quantitative estimate of drug-likeness (QED) is 0.148. The molecule has 0 N–H and O–H groups in total. The molecule has 2 heterocycles. The summed E-state index contributed by atoms with van der Waals surface area (Å²) in [7, 11) is 0. The second-order valence-electron chi connectivity index (χ2n) is 16.1. The van der Waals surface area contributed by atoms with E-state index in [9.17, 15) is 0 Å². The van der Waals surface area contributed by atoms with Gasteiger partial charge in [0.2, 0.25) is 0 Å². The molecule has 2 aromatic heterocycles. The minimum atomic E-state index is 1.09. The van der Waals surface area contributed by atoms with Crippen LogP contribution in [0.4, 0.5) is 17.1 Å². The Hall–Kier alpha value is -7.98. The van der Waals surface area contributed by atoms with E-state index in [1.165, 1.54) is 80.9 Å². The van der Waals surface area contributed by atoms with E-state index in [0.717, 1.165) is 28.3 Å². The first-order valence-electron chi connectivity index (χ1n) is 21.5. The highest BCUT2D eigenvalue weighted by molar-refractivity contribution is 7.25. The van der Waals surface area contributed by atoms with E-state index >= 15 is 0 Å². The van der Waals surface area contributed by atoms with Crippen molar-refractivity contribution >= 4 is 70.4 Å². The molecule has 12 aromatic rings. The van der Waals surface area contributed by atoms with Gasteiger partial charge in [-0.15, -0.1) is 11.3 Å². The Morgan fingerprint density at radius 1 is 0.302 bits per heavy atom. The fraction of sp³-hybridized carbons (Fsp3) is 0. The summed E-state index contributed by atoms with van der Waals surface area (Å²) in [5.41, 5.74) is 16.4. The van der Waals surface area contributed by atoms with E-state index in [4.69, 9.17) is 0 Å². The highest BCUT2D eigenvalue weighted by Gasteiger charge is 2.21. The first kappa shape index (κ1) is 36.8. The van der Waals surface area contributed by atoms with Crippen molar-refractivity contribution in [2.24, 2.45) is 0 Å². The van der Waals surface area contributed by atoms with Crippen LogP contribution in [0.1, 0.15) is 0 Å². The molecule has 12 rings (SSSR count). The van der Waals surface area contributed by atoms with Crippen LogP contribution >= 0.6 is 11.3 Å². The number of hydrogen-bond acceptors (Lipinski definition) is 2. The van der Waals surface area contributed by atoms with Crippen molar-refractivity contribution in [2.45, 2.75) is 0 Å². The van der Waals surface area contributed by atoms with Gasteiger partial charge in [-0.05, 0) is 106 Å². The number of fused-ring (bicyclic) bond motifs is 6. The zero-order valence-corrected chi connectivity index (χ0v) is 35.2. The number of rotatable bonds is 8. The molecule has 0 saturated heterocycles. The summed E-state index contributed by atoms with van der Waals surface area (Å²) < 4.78 is 4.96. The summed E-state index contributed by atoms with van der Waals surface area (Å²) in [5.74, 6) is 0. The van der Waals surface area contributed by atoms with Crippen molar-refractivity contribution in [3.05, 3.63) is 243 Å². The second-order valence-corrected chi connectivity index (χ2v) is 17.1. The predicted molar refractivity (Wildman–Crippen MR) is 270 cm³/mol. The van der Waals surface area contributed by atoms with E-state index in [1.807, 2.05) is 11.3 Å². The molecule has 0 fully saturated rings. The van der Waals surface area contributed by atoms with Crippen LogP contribution in [-0.4, -0.2) is 4.57 Å². The van der Waals surface area contributed by atoms with E-state index < -0.39 is 0 Å². The molecule has 0 aliphatic heterocycles. The van der Waals surface area contributed by atoms with Crippen LogP contribution in [-0.2, 0) is 0 Å². The zero-order chi connectivity index (χ0) is 41.7. The van der Waals surface area contributed by atoms with Crippen molar-refractivity contribution in [2.75, 3.05) is 4.90 Å². The van der Waals surface area contributed by atoms with Crippen LogP contribution in [0, 0.1) is 0 Å². The van der Waals surface area contributed by atoms with Crippen LogP contribution in [0.2, 0.25) is 0 Å². The zero-order valence-electron chi connectivity index (χ0n) is 34.4. The number of aromatic nitrogens is 1. The van der Waals surface area contributed by atoms with Crippen LogP contribution in [0.5, 0.6) is 0 Å². The Morgan fingerprint density at radius 3 is 1.46 bits per heavy atom. The Labute approximate surface area is 370 Å². The standard InChI is InChI=1S/C60H40N2S/c1-2-16-43(17-3-1)47-18-4-5-19-48(47)49-20-6-7-21-50(49)51-22-8-12-26-56(51)61(46-38-39-60-55(40-46)54-25-11-15-29-59(54)63-60)44-34-30-41(31-35-44)42-32-36-45(37-33-42)62-57-27-13-9-23-52(57)53-24-10-14-28-58(53)62/h1-40H. The van der Waals surface area contributed by atoms with Crippen molar-refractivity contribution in [1.82, 2.24) is 4.57 Å². The molecule has 63 heavy (non-hydrogen) atoms. The summed E-state index contributed by atoms with van der Waals surface area (Å²) in [4.78, 5) is 2.44. The fourth-order valence-corrected chi connectivity index (χ4v) is 10.6. The van der Waals surface area contributed by atoms with Crippen LogP contribution < -0.4 is 4.90 Å². The third kappa shape index (κ3) is 6.41. The lowest BCUT2D eigenvalue weighted by atomic mass is 9.88. The molecule has 0 unspecified atom stereocenters. The lowest BCUT2D eigenvalue weighted by molar-refractivity contribution is 1.18. The predicted octanol–water partition coefficient (Wildman–Crippen LogP) is 17.3. The van der Waals surface area contributed by atoms with Gasteiger partial charge in [-0.3, -0.25) is 0 Å². The first-order chi connectivity index (χ1) is 31.3. The Kier molecular flexibility index (Phi) is 9.06. The average molecular weight is 821 g/mol. The molecule has 0 amide bonds. The molecule has 0 atom stereocenters. The van der Waals surface area contributed by atoms with Gasteiger partial charge in [-0.1, -0.05) is 176 Å². The Bertz CT molecular complexity index is 3560. The Balaban J connectivity index is 0.982. The average Bonchev–Trinajstić information content (AvgIpc) is 3.90. The molecule has 0 aliphatic carbocycles. The molecule has 0 bridgehead atoms. The highest BCUT2D eigenvalue weighted by Crippen LogP contribution is 2.47. The van der Waals surface area contributed by atoms with Gasteiger partial charge < -0.3 is 9.47 Å². The highest BCUT2D eigenvalue weighted by atomic mass is 32.1. The summed E-state index contributed by atoms with van der Waals surface area (Å²) in [6.45, 7) is 0. The molecule has 10 aromatic carbocycles. The second kappa shape index (κ2) is 15.5. The van der Waals surface area contributed by atoms with E-state index in [2.05, 4.69) is 252 Å². The smallest absolute Gasteiger partial charge is 0.0541 e. The van der Waals surface area contributed by atoms with Crippen molar-refractivity contribution < 1.29 is 0 Å². The number of thiophene rings is 1. The maximum atomic E-state index is 2.44. The summed E-state index contributed by atoms with van der Waals surface area (Å²) in [6, 6.07) is 88.4. The van der Waals surface area contributed by atoms with E-state index in [0.29, 0.717) is 0 Å². The molecule has 0 saturated carbocycles. The maximum absolute atomic E-state index is 2.44. The van der Waals surface area contributed by atoms with Crippen molar-refractivity contribution in [3.8, 4) is 50.2 Å². The molecule has 0 radical (unpaired) electrons. The lowest BCUT2D eigenvalue weighted by Gasteiger charge is -2.29. The van der Waals surface area contributed by atoms with Gasteiger partial charge >= 0.3 is 0 Å². The van der Waals surface area contributed by atoms with Gasteiger partial charge in [0, 0.05) is 53.6 Å². The molecule has 296 valence electrons. The SMILES string of the molecule is c1ccc(-c2ccccc2-c2ccccc2-c2ccccc2N(c2ccc(-c3ccc(-n4c5ccccc5c5ccccc54)cc3)cc2)c2ccc3sc4ccccc4c3c2)cc1. The lowest BCUT2D eigenvalue weighted by Crippen LogP contribution is -2.11. The minimum absolute atomic E-state index is 1.09. The van der Waals surface area contributed by atoms with E-state index in [1.54, 1.807) is 0 Å². The number of benzene rings is 10. The maximum Gasteiger partial charge on any atom is 0.0541 e. The molecule has 0 aliphatic rings. The topological polar surface area (TPSA) is 8.17 Å². The van der Waals surface area contributed by atoms with Gasteiger partial charge in [0.1, 0.15) is 0 Å². The van der Waals surface area contributed by atoms with Gasteiger partial charge in [0.25, 0.3) is 0 Å². The normalized spacial score (nSPS) is 11.5. The van der Waals surface area contributed by atoms with Gasteiger partial charge in [-0.2, -0.15) is 0 Å². The summed E-state index contributed by atoms with van der Waals surface area (Å²) >= 11 is 1.85. The van der Waals surface area contributed by atoms with Gasteiger partial charge in [0.05, 0.1) is 16.7 Å². The van der Waals surface area contributed by atoms with Gasteiger partial charge in [-0.25, -0.2) is 0 Å². The van der Waals surface area contributed by atoms with Crippen LogP contribution in [0.15, 0.2) is 243 Å². The van der Waals surface area contributed by atoms with Crippen molar-refractivity contribution in [1.29, 1.82) is 0 Å². The monoisotopic (exact) mass is 820 g/mol. The van der Waals surface area contributed by atoms with Crippen LogP contribution in [0.25, 0.3) is 92.2 Å². The number of para-hydroxylation sites is 3. The van der Waals surface area contributed by atoms with Gasteiger partial charge in [0.15, 0.2) is 0 Å². The van der Waals surface area contributed by atoms with Crippen molar-refractivity contribution in [3.63, 3.8) is 0 Å². The largest absolute Gasteiger partial charge is 0.310 e. The molecule has 2 nitrogen and oxygen atoms in total. The van der Waals surface area contributed by atoms with E-state index in [-0.39, 0.29) is 0 Å². The fourth-order valence-electron chi connectivity index (χ4n) is 9.52. The first-order valence-corrected chi connectivity index (χ1v) is 22.3. The summed E-state index contributed by atoms with van der Waals surface area (Å²) in [5, 5.41) is 5.10. The Morgan fingerprint density at radius 2 is 0.778 bits per heavy atom.